The second kappa shape index (κ2) is 9.50. The Morgan fingerprint density at radius 2 is 2.00 bits per heavy atom. The van der Waals surface area contributed by atoms with Gasteiger partial charge in [0, 0.05) is 11.1 Å². The first kappa shape index (κ1) is 16.8. The molecule has 44 valence electrons. The van der Waals surface area contributed by atoms with E-state index in [0.717, 1.165) is 5.54 Å². The first-order chi connectivity index (χ1) is 3.18. The number of aliphatic carboxylic acids is 1. The van der Waals surface area contributed by atoms with E-state index in [1.165, 1.54) is 6.92 Å². The summed E-state index contributed by atoms with van der Waals surface area (Å²) < 4.78 is 0. The van der Waals surface area contributed by atoms with Gasteiger partial charge in [-0.15, -0.1) is 0 Å². The summed E-state index contributed by atoms with van der Waals surface area (Å²) >= 11 is 5.00. The number of carboxylic acids is 1. The van der Waals surface area contributed by atoms with Gasteiger partial charge in [-0.25, -0.2) is 4.79 Å². The number of rotatable bonds is 1. The third-order valence-electron chi connectivity index (χ3n) is 0.501. The molecule has 0 aliphatic carbocycles. The molecule has 0 aromatic rings. The number of carbonyl (C=O) groups is 1. The fourth-order valence-electron chi connectivity index (χ4n) is 0.0467. The summed E-state index contributed by atoms with van der Waals surface area (Å²) in [6.07, 6.45) is 0. The van der Waals surface area contributed by atoms with Gasteiger partial charge in [-0.2, -0.15) is 0 Å². The molecule has 0 saturated heterocycles. The summed E-state index contributed by atoms with van der Waals surface area (Å²) in [5, 5.41) is 8.03. The molecule has 0 unspecified atom stereocenters. The zero-order chi connectivity index (χ0) is 5.86. The van der Waals surface area contributed by atoms with Gasteiger partial charge in [0.25, 0.3) is 0 Å². The monoisotopic (exact) mass is 168 g/mol. The van der Waals surface area contributed by atoms with Crippen molar-refractivity contribution in [2.75, 3.05) is 0 Å². The molecule has 5 heteroatoms. The molecule has 0 bridgehead atoms. The van der Waals surface area contributed by atoms with Crippen LogP contribution in [0.25, 0.3) is 0 Å². The van der Waals surface area contributed by atoms with E-state index < -0.39 is 5.97 Å². The van der Waals surface area contributed by atoms with Crippen molar-refractivity contribution >= 4 is 17.6 Å². The van der Waals surface area contributed by atoms with Gasteiger partial charge >= 0.3 is 65.1 Å². The topological polar surface area (TPSA) is 37.3 Å². The SMILES string of the molecule is CC(=CCl)C(=O)O.[H-].[H-].[Na+].[Na+]. The standard InChI is InChI=1S/C4H5ClO2.2Na.2H/c1-3(2-5)4(6)7;;;;/h2H,1H3,(H,6,7);;;;/q;2*+1;2*-1. The quantitative estimate of drug-likeness (QED) is 0.316. The molecule has 0 aromatic heterocycles. The van der Waals surface area contributed by atoms with Crippen LogP contribution in [0.15, 0.2) is 11.1 Å². The minimum Gasteiger partial charge on any atom is -1.00 e. The summed E-state index contributed by atoms with van der Waals surface area (Å²) in [4.78, 5) is 9.78. The van der Waals surface area contributed by atoms with Crippen LogP contribution >= 0.6 is 11.6 Å². The van der Waals surface area contributed by atoms with Crippen molar-refractivity contribution in [2.24, 2.45) is 0 Å². The average molecular weight is 169 g/mol. The molecule has 0 aliphatic heterocycles. The number of hydrogen-bond donors (Lipinski definition) is 1. The zero-order valence-corrected chi connectivity index (χ0v) is 10.6. The summed E-state index contributed by atoms with van der Waals surface area (Å²) in [6.45, 7) is 1.43. The maximum atomic E-state index is 9.78. The Hall–Kier alpha value is 1.50. The van der Waals surface area contributed by atoms with Gasteiger partial charge in [-0.1, -0.05) is 11.6 Å². The number of halogens is 1. The number of carboxylic acid groups (broad SMARTS) is 1. The van der Waals surface area contributed by atoms with E-state index in [1.54, 1.807) is 0 Å². The molecule has 0 rings (SSSR count). The zero-order valence-electron chi connectivity index (χ0n) is 7.81. The number of hydrogen-bond acceptors (Lipinski definition) is 1. The molecule has 9 heavy (non-hydrogen) atoms. The molecule has 0 aliphatic rings. The molecule has 0 amide bonds. The van der Waals surface area contributed by atoms with Crippen molar-refractivity contribution in [3.8, 4) is 0 Å². The van der Waals surface area contributed by atoms with Crippen LogP contribution < -0.4 is 59.1 Å². The Kier molecular flexibility index (Phi) is 17.8. The van der Waals surface area contributed by atoms with Crippen molar-refractivity contribution in [3.05, 3.63) is 11.1 Å². The Labute approximate surface area is 106 Å². The first-order valence-corrected chi connectivity index (χ1v) is 2.12. The molecule has 0 atom stereocenters. The molecular formula is C4H7ClNa2O2. The second-order valence-corrected chi connectivity index (χ2v) is 1.32. The van der Waals surface area contributed by atoms with Crippen LogP contribution in [0.1, 0.15) is 9.78 Å². The molecule has 1 N–H and O–H groups in total. The van der Waals surface area contributed by atoms with Gasteiger partial charge in [-0.3, -0.25) is 0 Å². The molecule has 0 aromatic carbocycles. The molecule has 0 spiro atoms. The van der Waals surface area contributed by atoms with E-state index in [1.807, 2.05) is 0 Å². The molecule has 0 heterocycles. The van der Waals surface area contributed by atoms with Crippen LogP contribution in [-0.2, 0) is 4.79 Å². The van der Waals surface area contributed by atoms with Crippen LogP contribution in [0.4, 0.5) is 0 Å². The largest absolute Gasteiger partial charge is 1.00 e. The summed E-state index contributed by atoms with van der Waals surface area (Å²) in [6, 6.07) is 0. The third-order valence-corrected chi connectivity index (χ3v) is 0.828. The van der Waals surface area contributed by atoms with Crippen molar-refractivity contribution in [3.63, 3.8) is 0 Å². The smallest absolute Gasteiger partial charge is 1.00 e. The molecule has 0 fully saturated rings. The van der Waals surface area contributed by atoms with Crippen LogP contribution in [0.3, 0.4) is 0 Å². The Morgan fingerprint density at radius 1 is 1.67 bits per heavy atom. The van der Waals surface area contributed by atoms with Crippen LogP contribution in [-0.4, -0.2) is 11.1 Å². The van der Waals surface area contributed by atoms with Crippen molar-refractivity contribution in [1.82, 2.24) is 0 Å². The average Bonchev–Trinajstić information content (AvgIpc) is 1.65. The molecule has 0 radical (unpaired) electrons. The van der Waals surface area contributed by atoms with Crippen molar-refractivity contribution < 1.29 is 71.9 Å². The van der Waals surface area contributed by atoms with E-state index in [4.69, 9.17) is 16.7 Å². The van der Waals surface area contributed by atoms with E-state index in [9.17, 15) is 4.79 Å². The Morgan fingerprint density at radius 3 is 2.00 bits per heavy atom. The van der Waals surface area contributed by atoms with Crippen LogP contribution in [0, 0.1) is 0 Å². The molecular weight excluding hydrogens is 161 g/mol. The van der Waals surface area contributed by atoms with E-state index >= 15 is 0 Å². The molecule has 2 nitrogen and oxygen atoms in total. The fourth-order valence-corrected chi connectivity index (χ4v) is 0.140. The third kappa shape index (κ3) is 9.50. The van der Waals surface area contributed by atoms with Gasteiger partial charge in [-0.05, 0) is 6.92 Å². The van der Waals surface area contributed by atoms with Gasteiger partial charge in [0.2, 0.25) is 0 Å². The predicted molar refractivity (Wildman–Crippen MR) is 29.5 cm³/mol. The van der Waals surface area contributed by atoms with Crippen molar-refractivity contribution in [1.29, 1.82) is 0 Å². The maximum absolute atomic E-state index is 9.78. The van der Waals surface area contributed by atoms with Gasteiger partial charge in [0.05, 0.1) is 0 Å². The van der Waals surface area contributed by atoms with E-state index in [2.05, 4.69) is 0 Å². The fraction of sp³-hybridized carbons (Fsp3) is 0.250. The molecule has 0 saturated carbocycles. The normalized spacial score (nSPS) is 8.89. The predicted octanol–water partition coefficient (Wildman–Crippen LogP) is -4.55. The minimum atomic E-state index is -0.977. The summed E-state index contributed by atoms with van der Waals surface area (Å²) in [5.74, 6) is -0.977. The van der Waals surface area contributed by atoms with Crippen LogP contribution in [0.5, 0.6) is 0 Å². The Bertz CT molecular complexity index is 121. The first-order valence-electron chi connectivity index (χ1n) is 1.68. The van der Waals surface area contributed by atoms with E-state index in [-0.39, 0.29) is 67.5 Å². The van der Waals surface area contributed by atoms with E-state index in [0.29, 0.717) is 0 Å². The van der Waals surface area contributed by atoms with Crippen molar-refractivity contribution in [2.45, 2.75) is 6.92 Å². The van der Waals surface area contributed by atoms with Gasteiger partial charge < -0.3 is 7.96 Å². The van der Waals surface area contributed by atoms with Crippen LogP contribution in [0.2, 0.25) is 0 Å². The van der Waals surface area contributed by atoms with Gasteiger partial charge in [0.1, 0.15) is 0 Å². The summed E-state index contributed by atoms with van der Waals surface area (Å²) in [5.41, 5.74) is 1.18. The van der Waals surface area contributed by atoms with Gasteiger partial charge in [0.15, 0.2) is 0 Å². The second-order valence-electron chi connectivity index (χ2n) is 1.10. The minimum absolute atomic E-state index is 0. The maximum Gasteiger partial charge on any atom is 1.00 e. The Balaban J connectivity index is -0.0000000300. The summed E-state index contributed by atoms with van der Waals surface area (Å²) in [7, 11) is 0.